The highest BCUT2D eigenvalue weighted by atomic mass is 16.1. The molecular weight excluding hydrogens is 450 g/mol. The molecule has 7 heteroatoms. The van der Waals surface area contributed by atoms with Crippen molar-refractivity contribution >= 4 is 22.6 Å². The lowest BCUT2D eigenvalue weighted by molar-refractivity contribution is 0.0952. The number of carbonyl (C=O) groups is 1. The van der Waals surface area contributed by atoms with E-state index in [1.807, 2.05) is 70.2 Å². The van der Waals surface area contributed by atoms with E-state index in [2.05, 4.69) is 46.0 Å². The van der Waals surface area contributed by atoms with Crippen molar-refractivity contribution in [1.29, 1.82) is 0 Å². The number of carbonyl (C=O) groups excluding carboxylic acids is 1. The van der Waals surface area contributed by atoms with Crippen molar-refractivity contribution in [1.82, 2.24) is 19.9 Å². The number of fused-ring (bicyclic) bond motifs is 1. The van der Waals surface area contributed by atoms with E-state index in [9.17, 15) is 9.59 Å². The Morgan fingerprint density at radius 1 is 1.14 bits per heavy atom. The summed E-state index contributed by atoms with van der Waals surface area (Å²) in [4.78, 5) is 35.6. The van der Waals surface area contributed by atoms with Gasteiger partial charge in [-0.1, -0.05) is 6.92 Å². The highest BCUT2D eigenvalue weighted by molar-refractivity contribution is 6.09. The van der Waals surface area contributed by atoms with Gasteiger partial charge in [0.15, 0.2) is 0 Å². The molecule has 4 aromatic rings. The van der Waals surface area contributed by atoms with Crippen LogP contribution in [0, 0.1) is 13.8 Å². The molecule has 0 spiro atoms. The summed E-state index contributed by atoms with van der Waals surface area (Å²) in [5.74, 6) is 0.667. The molecule has 0 aliphatic heterocycles. The number of hydrogen-bond donors (Lipinski definition) is 2. The Hall–Kier alpha value is -3.87. The Labute approximate surface area is 212 Å². The largest absolute Gasteiger partial charge is 0.363 e. The lowest BCUT2D eigenvalue weighted by Gasteiger charge is -2.15. The van der Waals surface area contributed by atoms with Gasteiger partial charge in [-0.2, -0.15) is 0 Å². The van der Waals surface area contributed by atoms with Gasteiger partial charge >= 0.3 is 0 Å². The van der Waals surface area contributed by atoms with Gasteiger partial charge in [0.25, 0.3) is 11.5 Å². The van der Waals surface area contributed by atoms with E-state index in [0.717, 1.165) is 51.1 Å². The monoisotopic (exact) mass is 485 g/mol. The third-order valence-corrected chi connectivity index (χ3v) is 6.63. The lowest BCUT2D eigenvalue weighted by atomic mass is 9.98. The average molecular weight is 486 g/mol. The minimum Gasteiger partial charge on any atom is -0.363 e. The number of aromatic amines is 1. The molecule has 0 saturated carbocycles. The van der Waals surface area contributed by atoms with Crippen LogP contribution in [0.1, 0.15) is 59.6 Å². The number of rotatable bonds is 7. The van der Waals surface area contributed by atoms with Gasteiger partial charge in [-0.25, -0.2) is 4.98 Å². The molecule has 0 atom stereocenters. The Balaban J connectivity index is 1.79. The van der Waals surface area contributed by atoms with Crippen LogP contribution in [0.3, 0.4) is 0 Å². The number of benzene rings is 1. The molecule has 7 nitrogen and oxygen atoms in total. The second kappa shape index (κ2) is 10.0. The van der Waals surface area contributed by atoms with Crippen molar-refractivity contribution in [2.45, 2.75) is 53.6 Å². The molecule has 0 saturated heterocycles. The highest BCUT2D eigenvalue weighted by Crippen LogP contribution is 2.33. The molecule has 0 radical (unpaired) electrons. The number of anilines is 1. The highest BCUT2D eigenvalue weighted by Gasteiger charge is 2.20. The summed E-state index contributed by atoms with van der Waals surface area (Å²) < 4.78 is 2.20. The maximum atomic E-state index is 13.6. The first kappa shape index (κ1) is 25.2. The van der Waals surface area contributed by atoms with E-state index >= 15 is 0 Å². The predicted molar refractivity (Wildman–Crippen MR) is 147 cm³/mol. The van der Waals surface area contributed by atoms with Crippen LogP contribution in [0.2, 0.25) is 0 Å². The minimum absolute atomic E-state index is 0.153. The molecule has 36 heavy (non-hydrogen) atoms. The molecule has 0 aliphatic carbocycles. The van der Waals surface area contributed by atoms with E-state index in [4.69, 9.17) is 0 Å². The fraction of sp³-hybridized carbons (Fsp3) is 0.345. The van der Waals surface area contributed by atoms with Gasteiger partial charge in [-0.05, 0) is 81.1 Å². The molecule has 1 aromatic carbocycles. The van der Waals surface area contributed by atoms with Gasteiger partial charge < -0.3 is 19.8 Å². The quantitative estimate of drug-likeness (QED) is 0.379. The number of pyridine rings is 2. The van der Waals surface area contributed by atoms with Gasteiger partial charge in [0.1, 0.15) is 5.82 Å². The molecule has 0 bridgehead atoms. The van der Waals surface area contributed by atoms with Crippen molar-refractivity contribution in [2.75, 3.05) is 19.0 Å². The molecule has 188 valence electrons. The third-order valence-electron chi connectivity index (χ3n) is 6.63. The first-order valence-electron chi connectivity index (χ1n) is 12.4. The average Bonchev–Trinajstić information content (AvgIpc) is 3.19. The number of nitrogens with one attached hydrogen (secondary N) is 2. The number of H-pyrrole nitrogens is 1. The maximum Gasteiger partial charge on any atom is 0.253 e. The van der Waals surface area contributed by atoms with Gasteiger partial charge in [-0.3, -0.25) is 9.59 Å². The topological polar surface area (TPSA) is 83.0 Å². The zero-order chi connectivity index (χ0) is 26.1. The number of nitrogens with zero attached hydrogens (tertiary/aromatic N) is 3. The van der Waals surface area contributed by atoms with Crippen molar-refractivity contribution in [2.24, 2.45) is 0 Å². The Morgan fingerprint density at radius 2 is 1.89 bits per heavy atom. The van der Waals surface area contributed by atoms with Crippen LogP contribution in [0.5, 0.6) is 0 Å². The summed E-state index contributed by atoms with van der Waals surface area (Å²) in [5.41, 5.74) is 6.72. The van der Waals surface area contributed by atoms with Crippen LogP contribution < -0.4 is 15.8 Å². The fourth-order valence-electron chi connectivity index (χ4n) is 4.74. The number of aromatic nitrogens is 3. The number of hydrogen-bond acceptors (Lipinski definition) is 4. The van der Waals surface area contributed by atoms with Crippen LogP contribution in [-0.4, -0.2) is 34.5 Å². The van der Waals surface area contributed by atoms with Gasteiger partial charge in [0.2, 0.25) is 0 Å². The molecule has 1 amide bonds. The molecule has 4 rings (SSSR count). The second-order valence-electron chi connectivity index (χ2n) is 9.85. The Bertz CT molecular complexity index is 1480. The molecule has 2 N–H and O–H groups in total. The zero-order valence-electron chi connectivity index (χ0n) is 22.2. The summed E-state index contributed by atoms with van der Waals surface area (Å²) in [6, 6.07) is 10.3. The molecule has 3 heterocycles. The van der Waals surface area contributed by atoms with E-state index in [1.54, 1.807) is 0 Å². The van der Waals surface area contributed by atoms with Crippen molar-refractivity contribution in [3.05, 3.63) is 81.0 Å². The third kappa shape index (κ3) is 4.78. The summed E-state index contributed by atoms with van der Waals surface area (Å²) in [6.45, 7) is 10.4. The molecule has 3 aromatic heterocycles. The van der Waals surface area contributed by atoms with Crippen LogP contribution in [0.4, 0.5) is 5.82 Å². The smallest absolute Gasteiger partial charge is 0.253 e. The van der Waals surface area contributed by atoms with Crippen LogP contribution in [0.25, 0.3) is 22.0 Å². The summed E-state index contributed by atoms with van der Waals surface area (Å²) in [7, 11) is 3.91. The number of aryl methyl sites for hydroxylation is 3. The lowest BCUT2D eigenvalue weighted by Crippen LogP contribution is -2.28. The normalized spacial score (nSPS) is 11.3. The molecule has 0 aliphatic rings. The first-order chi connectivity index (χ1) is 17.1. The van der Waals surface area contributed by atoms with Crippen LogP contribution in [-0.2, 0) is 13.0 Å². The fourth-order valence-corrected chi connectivity index (χ4v) is 4.74. The van der Waals surface area contributed by atoms with E-state index < -0.39 is 0 Å². The van der Waals surface area contributed by atoms with Crippen molar-refractivity contribution < 1.29 is 4.79 Å². The Kier molecular flexibility index (Phi) is 7.02. The minimum atomic E-state index is -0.202. The number of amides is 1. The van der Waals surface area contributed by atoms with Gasteiger partial charge in [-0.15, -0.1) is 0 Å². The van der Waals surface area contributed by atoms with Crippen molar-refractivity contribution in [3.8, 4) is 11.1 Å². The second-order valence-corrected chi connectivity index (χ2v) is 9.85. The van der Waals surface area contributed by atoms with E-state index in [-0.39, 0.29) is 24.1 Å². The summed E-state index contributed by atoms with van der Waals surface area (Å²) >= 11 is 0. The molecular formula is C29H35N5O2. The molecule has 0 unspecified atom stereocenters. The van der Waals surface area contributed by atoms with Crippen molar-refractivity contribution in [3.63, 3.8) is 0 Å². The van der Waals surface area contributed by atoms with Crippen LogP contribution in [0.15, 0.2) is 47.5 Å². The Morgan fingerprint density at radius 3 is 2.50 bits per heavy atom. The standard InChI is InChI=1S/C29H35N5O2/c1-8-20-11-19(5)32-29(36)24(20)15-31-28(35)23-12-22(21-9-10-26(30-14-21)33(6)7)13-25-27(23)18(4)16-34(25)17(2)3/h9-14,16-17H,8,15H2,1-7H3,(H,31,35)(H,32,36). The van der Waals surface area contributed by atoms with E-state index in [1.165, 1.54) is 0 Å². The zero-order valence-corrected chi connectivity index (χ0v) is 22.2. The SMILES string of the molecule is CCc1cc(C)[nH]c(=O)c1CNC(=O)c1cc(-c2ccc(N(C)C)nc2)cc2c1c(C)cn2C(C)C. The summed E-state index contributed by atoms with van der Waals surface area (Å²) in [6.07, 6.45) is 4.66. The van der Waals surface area contributed by atoms with Crippen LogP contribution >= 0.6 is 0 Å². The first-order valence-corrected chi connectivity index (χ1v) is 12.4. The van der Waals surface area contributed by atoms with E-state index in [0.29, 0.717) is 11.1 Å². The molecule has 0 fully saturated rings. The predicted octanol–water partition coefficient (Wildman–Crippen LogP) is 5.15. The maximum absolute atomic E-state index is 13.6. The van der Waals surface area contributed by atoms with Gasteiger partial charge in [0, 0.05) is 72.4 Å². The van der Waals surface area contributed by atoms with Gasteiger partial charge in [0.05, 0.1) is 0 Å². The summed E-state index contributed by atoms with van der Waals surface area (Å²) in [5, 5.41) is 3.95.